The molecular formula is C10H15N3O2S3. The van der Waals surface area contributed by atoms with Crippen molar-refractivity contribution in [3.05, 3.63) is 11.2 Å². The van der Waals surface area contributed by atoms with E-state index in [-0.39, 0.29) is 15.2 Å². The van der Waals surface area contributed by atoms with Gasteiger partial charge in [0.1, 0.15) is 0 Å². The summed E-state index contributed by atoms with van der Waals surface area (Å²) in [5.41, 5.74) is 5.65. The molecule has 0 saturated carbocycles. The molecule has 1 aliphatic heterocycles. The number of aryl methyl sites for hydroxylation is 1. The normalized spacial score (nSPS) is 21.9. The molecule has 0 radical (unpaired) electrons. The Labute approximate surface area is 116 Å². The Hall–Kier alpha value is -0.570. The van der Waals surface area contributed by atoms with Gasteiger partial charge in [-0.3, -0.25) is 0 Å². The number of nitrogens with two attached hydrogens (primary N) is 1. The van der Waals surface area contributed by atoms with Crippen LogP contribution in [0.5, 0.6) is 0 Å². The smallest absolute Gasteiger partial charge is 0.254 e. The van der Waals surface area contributed by atoms with Crippen LogP contribution in [0.4, 0.5) is 0 Å². The lowest BCUT2D eigenvalue weighted by Crippen LogP contribution is -2.49. The zero-order valence-electron chi connectivity index (χ0n) is 10.00. The molecule has 0 amide bonds. The van der Waals surface area contributed by atoms with Gasteiger partial charge in [-0.15, -0.1) is 11.3 Å². The molecule has 0 spiro atoms. The van der Waals surface area contributed by atoms with Crippen LogP contribution in [0.2, 0.25) is 0 Å². The number of aromatic nitrogens is 1. The average Bonchev–Trinajstić information content (AvgIpc) is 2.76. The average molecular weight is 305 g/mol. The van der Waals surface area contributed by atoms with Crippen molar-refractivity contribution in [3.8, 4) is 0 Å². The van der Waals surface area contributed by atoms with E-state index in [4.69, 9.17) is 18.0 Å². The van der Waals surface area contributed by atoms with E-state index in [1.165, 1.54) is 21.8 Å². The Morgan fingerprint density at radius 2 is 2.33 bits per heavy atom. The van der Waals surface area contributed by atoms with Gasteiger partial charge in [-0.05, 0) is 19.8 Å². The lowest BCUT2D eigenvalue weighted by atomic mass is 10.1. The topological polar surface area (TPSA) is 76.3 Å². The number of piperidine rings is 1. The first-order chi connectivity index (χ1) is 8.43. The van der Waals surface area contributed by atoms with Crippen molar-refractivity contribution in [2.75, 3.05) is 6.54 Å². The molecule has 1 aromatic heterocycles. The number of rotatable bonds is 3. The Kier molecular flexibility index (Phi) is 4.00. The Morgan fingerprint density at radius 1 is 1.61 bits per heavy atom. The van der Waals surface area contributed by atoms with E-state index in [1.54, 1.807) is 6.92 Å². The standard InChI is InChI=1S/C10H15N3O2S3/c1-7-12-6-9(17-7)18(14,15)13-5-3-2-4-8(13)10(11)16/h6,8H,2-5H2,1H3,(H2,11,16). The van der Waals surface area contributed by atoms with Crippen LogP contribution in [-0.4, -0.2) is 35.3 Å². The Balaban J connectivity index is 2.36. The van der Waals surface area contributed by atoms with E-state index in [1.807, 2.05) is 0 Å². The summed E-state index contributed by atoms with van der Waals surface area (Å²) in [5.74, 6) is 0. The molecule has 5 nitrogen and oxygen atoms in total. The van der Waals surface area contributed by atoms with Gasteiger partial charge < -0.3 is 5.73 Å². The minimum atomic E-state index is -3.51. The highest BCUT2D eigenvalue weighted by molar-refractivity contribution is 7.91. The van der Waals surface area contributed by atoms with Crippen LogP contribution >= 0.6 is 23.6 Å². The molecule has 100 valence electrons. The SMILES string of the molecule is Cc1ncc(S(=O)(=O)N2CCCCC2C(N)=S)s1. The van der Waals surface area contributed by atoms with Crippen LogP contribution in [0.25, 0.3) is 0 Å². The number of thiocarbonyl (C=S) groups is 1. The van der Waals surface area contributed by atoms with Gasteiger partial charge in [-0.2, -0.15) is 4.31 Å². The highest BCUT2D eigenvalue weighted by Crippen LogP contribution is 2.28. The molecule has 0 aliphatic carbocycles. The van der Waals surface area contributed by atoms with E-state index in [2.05, 4.69) is 4.98 Å². The summed E-state index contributed by atoms with van der Waals surface area (Å²) in [4.78, 5) is 4.25. The first-order valence-corrected chi connectivity index (χ1v) is 8.33. The summed E-state index contributed by atoms with van der Waals surface area (Å²) in [6.45, 7) is 2.26. The highest BCUT2D eigenvalue weighted by atomic mass is 32.2. The van der Waals surface area contributed by atoms with Gasteiger partial charge in [0.2, 0.25) is 0 Å². The number of thiazole rings is 1. The van der Waals surface area contributed by atoms with Crippen LogP contribution in [0, 0.1) is 6.92 Å². The quantitative estimate of drug-likeness (QED) is 0.851. The second-order valence-electron chi connectivity index (χ2n) is 4.23. The number of nitrogens with zero attached hydrogens (tertiary/aromatic N) is 2. The molecule has 1 unspecified atom stereocenters. The maximum atomic E-state index is 12.5. The van der Waals surface area contributed by atoms with E-state index >= 15 is 0 Å². The van der Waals surface area contributed by atoms with Crippen molar-refractivity contribution in [1.29, 1.82) is 0 Å². The molecule has 1 aromatic rings. The molecule has 2 N–H and O–H groups in total. The summed E-state index contributed by atoms with van der Waals surface area (Å²) >= 11 is 6.15. The van der Waals surface area contributed by atoms with Crippen molar-refractivity contribution in [3.63, 3.8) is 0 Å². The molecule has 1 saturated heterocycles. The van der Waals surface area contributed by atoms with Crippen molar-refractivity contribution in [2.24, 2.45) is 5.73 Å². The molecule has 8 heteroatoms. The largest absolute Gasteiger partial charge is 0.392 e. The first-order valence-electron chi connectivity index (χ1n) is 5.66. The summed E-state index contributed by atoms with van der Waals surface area (Å²) in [6.07, 6.45) is 3.90. The molecule has 1 fully saturated rings. The number of hydrogen-bond donors (Lipinski definition) is 1. The van der Waals surface area contributed by atoms with Gasteiger partial charge in [0.15, 0.2) is 4.21 Å². The molecule has 1 aliphatic rings. The third kappa shape index (κ3) is 2.56. The fourth-order valence-corrected chi connectivity index (χ4v) is 5.28. The fraction of sp³-hybridized carbons (Fsp3) is 0.600. The van der Waals surface area contributed by atoms with Crippen molar-refractivity contribution in [1.82, 2.24) is 9.29 Å². The van der Waals surface area contributed by atoms with Gasteiger partial charge in [0, 0.05) is 6.54 Å². The van der Waals surface area contributed by atoms with E-state index < -0.39 is 10.0 Å². The zero-order valence-corrected chi connectivity index (χ0v) is 12.4. The maximum absolute atomic E-state index is 12.5. The highest BCUT2D eigenvalue weighted by Gasteiger charge is 2.35. The molecule has 18 heavy (non-hydrogen) atoms. The van der Waals surface area contributed by atoms with Crippen molar-refractivity contribution in [2.45, 2.75) is 36.4 Å². The molecular weight excluding hydrogens is 290 g/mol. The second-order valence-corrected chi connectivity index (χ2v) is 8.05. The zero-order chi connectivity index (χ0) is 13.3. The van der Waals surface area contributed by atoms with Crippen LogP contribution in [-0.2, 0) is 10.0 Å². The van der Waals surface area contributed by atoms with Crippen LogP contribution in [0.1, 0.15) is 24.3 Å². The minimum absolute atomic E-state index is 0.250. The van der Waals surface area contributed by atoms with Crippen LogP contribution in [0.3, 0.4) is 0 Å². The maximum Gasteiger partial charge on any atom is 0.254 e. The van der Waals surface area contributed by atoms with Crippen molar-refractivity contribution < 1.29 is 8.42 Å². The molecule has 2 rings (SSSR count). The van der Waals surface area contributed by atoms with Gasteiger partial charge >= 0.3 is 0 Å². The molecule has 0 bridgehead atoms. The van der Waals surface area contributed by atoms with Crippen LogP contribution < -0.4 is 5.73 Å². The Bertz CT molecular complexity index is 552. The number of hydrogen-bond acceptors (Lipinski definition) is 5. The lowest BCUT2D eigenvalue weighted by molar-refractivity contribution is 0.307. The van der Waals surface area contributed by atoms with Gasteiger partial charge in [-0.1, -0.05) is 18.6 Å². The minimum Gasteiger partial charge on any atom is -0.392 e. The predicted octanol–water partition coefficient (Wildman–Crippen LogP) is 1.28. The Morgan fingerprint density at radius 3 is 2.89 bits per heavy atom. The molecule has 0 aromatic carbocycles. The third-order valence-electron chi connectivity index (χ3n) is 2.95. The molecule has 1 atom stereocenters. The van der Waals surface area contributed by atoms with Crippen LogP contribution in [0.15, 0.2) is 10.4 Å². The predicted molar refractivity (Wildman–Crippen MR) is 75.2 cm³/mol. The lowest BCUT2D eigenvalue weighted by Gasteiger charge is -2.33. The van der Waals surface area contributed by atoms with Gasteiger partial charge in [0.25, 0.3) is 10.0 Å². The second kappa shape index (κ2) is 5.20. The first kappa shape index (κ1) is 13.9. The summed E-state index contributed by atoms with van der Waals surface area (Å²) in [7, 11) is -3.51. The van der Waals surface area contributed by atoms with E-state index in [9.17, 15) is 8.42 Å². The van der Waals surface area contributed by atoms with E-state index in [0.717, 1.165) is 17.8 Å². The fourth-order valence-electron chi connectivity index (χ4n) is 2.05. The summed E-state index contributed by atoms with van der Waals surface area (Å²) in [5, 5.41) is 0.734. The third-order valence-corrected chi connectivity index (χ3v) is 6.47. The van der Waals surface area contributed by atoms with Gasteiger partial charge in [-0.25, -0.2) is 13.4 Å². The van der Waals surface area contributed by atoms with E-state index in [0.29, 0.717) is 13.0 Å². The summed E-state index contributed by atoms with van der Waals surface area (Å²) in [6, 6.07) is -0.360. The number of sulfonamides is 1. The summed E-state index contributed by atoms with van der Waals surface area (Å²) < 4.78 is 26.7. The van der Waals surface area contributed by atoms with Gasteiger partial charge in [0.05, 0.1) is 22.2 Å². The monoisotopic (exact) mass is 305 g/mol. The van der Waals surface area contributed by atoms with Crippen molar-refractivity contribution >= 4 is 38.6 Å². The molecule has 2 heterocycles.